The number of likely N-dealkylation sites (N-methyl/N-ethyl adjacent to an activating group) is 1. The van der Waals surface area contributed by atoms with Crippen molar-refractivity contribution in [3.05, 3.63) is 41.6 Å². The number of hydrogen-bond acceptors (Lipinski definition) is 5. The van der Waals surface area contributed by atoms with E-state index in [4.69, 9.17) is 4.74 Å². The molecule has 182 valence electrons. The monoisotopic (exact) mass is 475 g/mol. The first kappa shape index (κ1) is 21.1. The van der Waals surface area contributed by atoms with Crippen molar-refractivity contribution >= 4 is 34.2 Å². The number of ether oxygens (including phenoxy) is 1. The highest BCUT2D eigenvalue weighted by molar-refractivity contribution is 6.00. The highest BCUT2D eigenvalue weighted by Crippen LogP contribution is 2.41. The average Bonchev–Trinajstić information content (AvgIpc) is 3.54. The van der Waals surface area contributed by atoms with Gasteiger partial charge in [-0.15, -0.1) is 0 Å². The lowest BCUT2D eigenvalue weighted by atomic mass is 9.79. The van der Waals surface area contributed by atoms with Crippen LogP contribution >= 0.6 is 0 Å². The number of nitrogens with zero attached hydrogens (tertiary/aromatic N) is 3. The number of aromatic nitrogens is 1. The van der Waals surface area contributed by atoms with Gasteiger partial charge in [0.25, 0.3) is 5.91 Å². The van der Waals surface area contributed by atoms with Gasteiger partial charge in [-0.1, -0.05) is 18.2 Å². The molecule has 1 aromatic heterocycles. The van der Waals surface area contributed by atoms with Gasteiger partial charge < -0.3 is 24.8 Å². The molecule has 4 aliphatic heterocycles. The van der Waals surface area contributed by atoms with Crippen molar-refractivity contribution in [1.82, 2.24) is 25.0 Å². The molecule has 5 heterocycles. The normalized spacial score (nSPS) is 34.1. The number of carbonyl (C=O) groups is 3. The smallest absolute Gasteiger partial charge is 0.278 e. The molecule has 5 aliphatic rings. The number of piperazine rings is 1. The van der Waals surface area contributed by atoms with Gasteiger partial charge in [0.1, 0.15) is 6.54 Å². The van der Waals surface area contributed by atoms with Gasteiger partial charge in [0.15, 0.2) is 6.23 Å². The molecule has 0 saturated carbocycles. The first-order chi connectivity index (χ1) is 16.8. The summed E-state index contributed by atoms with van der Waals surface area (Å²) in [5, 5.41) is 4.15. The molecule has 5 atom stereocenters. The molecule has 0 spiro atoms. The number of nitrogens with one attached hydrogen (secondary N) is 2. The largest absolute Gasteiger partial charge is 0.361 e. The predicted octanol–water partition coefficient (Wildman–Crippen LogP) is 1.06. The number of carbonyl (C=O) groups excluding carboxylic acids is 3. The minimum absolute atomic E-state index is 0.00631. The van der Waals surface area contributed by atoms with Crippen LogP contribution in [0.1, 0.15) is 30.9 Å². The van der Waals surface area contributed by atoms with E-state index in [-0.39, 0.29) is 36.3 Å². The fraction of sp³-hybridized carbons (Fsp3) is 0.500. The Morgan fingerprint density at radius 3 is 2.97 bits per heavy atom. The number of hydrogen-bond donors (Lipinski definition) is 2. The number of rotatable bonds is 2. The van der Waals surface area contributed by atoms with Gasteiger partial charge in [0.05, 0.1) is 12.0 Å². The van der Waals surface area contributed by atoms with E-state index in [1.54, 1.807) is 6.92 Å². The lowest BCUT2D eigenvalue weighted by molar-refractivity contribution is -0.157. The first-order valence-corrected chi connectivity index (χ1v) is 12.5. The fourth-order valence-corrected chi connectivity index (χ4v) is 6.85. The standard InChI is InChI=1S/C26H29N5O4/c1-26(25(34)31-13-21(32)30-8-4-7-19(30)24(31)35-26)28-23(33)15-9-17-16-5-3-6-18-22(16)14(11-27-18)10-20(17)29(2)12-15/h3,5-6,9,11,15,19-20,24,27H,4,7-8,10,12-13H2,1-2H3,(H,28,33)/t15-,19+,20-,24?,26-/m1/s1. The molecule has 2 aromatic rings. The summed E-state index contributed by atoms with van der Waals surface area (Å²) < 4.78 is 6.22. The number of benzene rings is 1. The molecule has 1 aliphatic carbocycles. The summed E-state index contributed by atoms with van der Waals surface area (Å²) in [5.41, 5.74) is 3.25. The van der Waals surface area contributed by atoms with Crippen LogP contribution in [0, 0.1) is 5.92 Å². The van der Waals surface area contributed by atoms with Crippen LogP contribution in [0.15, 0.2) is 30.5 Å². The number of amides is 3. The van der Waals surface area contributed by atoms with Crippen LogP contribution < -0.4 is 5.32 Å². The Morgan fingerprint density at radius 2 is 2.11 bits per heavy atom. The molecular formula is C26H29N5O4. The summed E-state index contributed by atoms with van der Waals surface area (Å²) in [6.07, 6.45) is 6.26. The number of fused-ring (bicyclic) bond motifs is 5. The molecule has 0 bridgehead atoms. The van der Waals surface area contributed by atoms with Crippen LogP contribution in [-0.4, -0.2) is 88.1 Å². The van der Waals surface area contributed by atoms with Crippen LogP contribution in [0.25, 0.3) is 16.5 Å². The van der Waals surface area contributed by atoms with Gasteiger partial charge in [-0.2, -0.15) is 0 Å². The molecule has 0 radical (unpaired) electrons. The third-order valence-electron chi connectivity index (χ3n) is 8.55. The highest BCUT2D eigenvalue weighted by Gasteiger charge is 2.58. The first-order valence-electron chi connectivity index (χ1n) is 12.5. The molecule has 9 nitrogen and oxygen atoms in total. The second-order valence-corrected chi connectivity index (χ2v) is 10.7. The van der Waals surface area contributed by atoms with E-state index in [0.717, 1.165) is 35.9 Å². The second kappa shape index (κ2) is 7.18. The van der Waals surface area contributed by atoms with Crippen molar-refractivity contribution in [2.24, 2.45) is 5.92 Å². The topological polar surface area (TPSA) is 98.0 Å². The molecular weight excluding hydrogens is 446 g/mol. The Hall–Kier alpha value is -3.17. The van der Waals surface area contributed by atoms with Gasteiger partial charge >= 0.3 is 0 Å². The van der Waals surface area contributed by atoms with Gasteiger partial charge in [-0.3, -0.25) is 19.3 Å². The Labute approximate surface area is 203 Å². The predicted molar refractivity (Wildman–Crippen MR) is 128 cm³/mol. The SMILES string of the molecule is CN1C[C@H](C(=O)N[C@]2(C)OC3[C@@H]4CCCN4C(=O)CN3C2=O)C=C2c3cccc4[nH]cc(c34)C[C@H]21. The van der Waals surface area contributed by atoms with E-state index < -0.39 is 17.9 Å². The van der Waals surface area contributed by atoms with E-state index in [1.807, 2.05) is 11.0 Å². The summed E-state index contributed by atoms with van der Waals surface area (Å²) in [6, 6.07) is 6.32. The Morgan fingerprint density at radius 1 is 1.26 bits per heavy atom. The minimum atomic E-state index is -1.48. The quantitative estimate of drug-likeness (QED) is 0.677. The van der Waals surface area contributed by atoms with Gasteiger partial charge in [-0.25, -0.2) is 0 Å². The summed E-state index contributed by atoms with van der Waals surface area (Å²) >= 11 is 0. The maximum Gasteiger partial charge on any atom is 0.278 e. The average molecular weight is 476 g/mol. The minimum Gasteiger partial charge on any atom is -0.361 e. The van der Waals surface area contributed by atoms with Crippen molar-refractivity contribution in [2.45, 2.75) is 50.2 Å². The number of H-pyrrole nitrogens is 1. The zero-order valence-electron chi connectivity index (χ0n) is 19.9. The molecule has 1 unspecified atom stereocenters. The highest BCUT2D eigenvalue weighted by atomic mass is 16.6. The maximum atomic E-state index is 13.5. The molecule has 35 heavy (non-hydrogen) atoms. The molecule has 3 saturated heterocycles. The van der Waals surface area contributed by atoms with Crippen molar-refractivity contribution in [3.8, 4) is 0 Å². The van der Waals surface area contributed by atoms with Gasteiger partial charge in [-0.05, 0) is 56.0 Å². The molecule has 1 aromatic carbocycles. The van der Waals surface area contributed by atoms with E-state index in [0.29, 0.717) is 13.1 Å². The summed E-state index contributed by atoms with van der Waals surface area (Å²) in [4.78, 5) is 48.3. The molecule has 9 heteroatoms. The van der Waals surface area contributed by atoms with Crippen molar-refractivity contribution in [3.63, 3.8) is 0 Å². The lowest BCUT2D eigenvalue weighted by Crippen LogP contribution is -2.59. The Bertz CT molecular complexity index is 1320. The van der Waals surface area contributed by atoms with Crippen LogP contribution in [0.5, 0.6) is 0 Å². The van der Waals surface area contributed by atoms with E-state index in [9.17, 15) is 14.4 Å². The molecule has 2 N–H and O–H groups in total. The van der Waals surface area contributed by atoms with Crippen LogP contribution in [0.2, 0.25) is 0 Å². The maximum absolute atomic E-state index is 13.5. The van der Waals surface area contributed by atoms with Gasteiger partial charge in [0, 0.05) is 36.2 Å². The Kier molecular flexibility index (Phi) is 4.33. The van der Waals surface area contributed by atoms with Crippen molar-refractivity contribution in [2.75, 3.05) is 26.7 Å². The molecule has 3 fully saturated rings. The van der Waals surface area contributed by atoms with Crippen molar-refractivity contribution in [1.29, 1.82) is 0 Å². The van der Waals surface area contributed by atoms with E-state index >= 15 is 0 Å². The second-order valence-electron chi connectivity index (χ2n) is 10.7. The third kappa shape index (κ3) is 2.91. The molecule has 3 amide bonds. The van der Waals surface area contributed by atoms with Crippen LogP contribution in [0.3, 0.4) is 0 Å². The summed E-state index contributed by atoms with van der Waals surface area (Å²) in [5.74, 6) is -1.04. The molecule has 7 rings (SSSR count). The third-order valence-corrected chi connectivity index (χ3v) is 8.55. The number of aromatic amines is 1. The van der Waals surface area contributed by atoms with Crippen molar-refractivity contribution < 1.29 is 19.1 Å². The van der Waals surface area contributed by atoms with Crippen LogP contribution in [0.4, 0.5) is 0 Å². The zero-order chi connectivity index (χ0) is 24.1. The van der Waals surface area contributed by atoms with E-state index in [1.165, 1.54) is 15.8 Å². The Balaban J connectivity index is 1.17. The van der Waals surface area contributed by atoms with Crippen LogP contribution in [-0.2, 0) is 25.5 Å². The van der Waals surface area contributed by atoms with E-state index in [2.05, 4.69) is 46.7 Å². The summed E-state index contributed by atoms with van der Waals surface area (Å²) in [7, 11) is 2.05. The van der Waals surface area contributed by atoms with Gasteiger partial charge in [0.2, 0.25) is 17.5 Å². The lowest BCUT2D eigenvalue weighted by Gasteiger charge is -2.40. The fourth-order valence-electron chi connectivity index (χ4n) is 6.85. The zero-order valence-corrected chi connectivity index (χ0v) is 19.9. The summed E-state index contributed by atoms with van der Waals surface area (Å²) in [6.45, 7) is 2.88.